The molecule has 0 fully saturated rings. The van der Waals surface area contributed by atoms with Gasteiger partial charge in [0.15, 0.2) is 17.3 Å². The van der Waals surface area contributed by atoms with Crippen LogP contribution in [0.5, 0.6) is 0 Å². The predicted molar refractivity (Wildman–Crippen MR) is 107 cm³/mol. The Morgan fingerprint density at radius 1 is 1.26 bits per heavy atom. The number of hydrogen-bond acceptors (Lipinski definition) is 5. The summed E-state index contributed by atoms with van der Waals surface area (Å²) in [5, 5.41) is 15.6. The Hall–Kier alpha value is -1.96. The lowest BCUT2D eigenvalue weighted by molar-refractivity contribution is -0.140. The Morgan fingerprint density at radius 2 is 2.07 bits per heavy atom. The number of thiazole rings is 1. The van der Waals surface area contributed by atoms with Crippen LogP contribution in [-0.4, -0.2) is 39.1 Å². The summed E-state index contributed by atoms with van der Waals surface area (Å²) in [4.78, 5) is 7.62. The highest BCUT2D eigenvalue weighted by Crippen LogP contribution is 2.29. The number of fused-ring (bicyclic) bond motifs is 1. The number of pyridine rings is 1. The molecule has 0 aromatic carbocycles. The van der Waals surface area contributed by atoms with E-state index in [1.807, 2.05) is 28.8 Å². The minimum atomic E-state index is -4.42. The Balaban J connectivity index is 0.00000261. The molecule has 0 saturated carbocycles. The summed E-state index contributed by atoms with van der Waals surface area (Å²) in [6, 6.07) is 5.66. The van der Waals surface area contributed by atoms with Crippen LogP contribution in [0, 0.1) is 0 Å². The van der Waals surface area contributed by atoms with Crippen molar-refractivity contribution >= 4 is 46.9 Å². The number of alkyl halides is 3. The highest BCUT2D eigenvalue weighted by molar-refractivity contribution is 14.0. The van der Waals surface area contributed by atoms with E-state index in [2.05, 4.69) is 30.8 Å². The summed E-state index contributed by atoms with van der Waals surface area (Å²) in [7, 11) is 1.59. The van der Waals surface area contributed by atoms with Crippen molar-refractivity contribution in [1.82, 2.24) is 30.2 Å². The lowest BCUT2D eigenvalue weighted by Crippen LogP contribution is -2.38. The van der Waals surface area contributed by atoms with Crippen LogP contribution in [0.25, 0.3) is 5.65 Å². The molecule has 2 N–H and O–H groups in total. The Bertz CT molecular complexity index is 906. The Kier molecular flexibility index (Phi) is 7.35. The Labute approximate surface area is 174 Å². The van der Waals surface area contributed by atoms with Gasteiger partial charge in [0.25, 0.3) is 0 Å². The lowest BCUT2D eigenvalue weighted by atomic mass is 10.4. The number of nitrogens with one attached hydrogen (secondary N) is 2. The highest BCUT2D eigenvalue weighted by atomic mass is 127. The van der Waals surface area contributed by atoms with Gasteiger partial charge in [-0.3, -0.25) is 9.39 Å². The van der Waals surface area contributed by atoms with E-state index in [-0.39, 0.29) is 30.5 Å². The molecule has 27 heavy (non-hydrogen) atoms. The van der Waals surface area contributed by atoms with Crippen LogP contribution in [0.15, 0.2) is 34.8 Å². The lowest BCUT2D eigenvalue weighted by Gasteiger charge is -2.10. The molecule has 3 aromatic rings. The van der Waals surface area contributed by atoms with Gasteiger partial charge in [0.05, 0.1) is 6.54 Å². The van der Waals surface area contributed by atoms with Gasteiger partial charge >= 0.3 is 6.18 Å². The molecular formula is C15H17F3IN7S. The van der Waals surface area contributed by atoms with E-state index in [0.29, 0.717) is 23.9 Å². The average Bonchev–Trinajstić information content (AvgIpc) is 3.25. The minimum Gasteiger partial charge on any atom is -0.356 e. The largest absolute Gasteiger partial charge is 0.434 e. The number of hydrogen-bond donors (Lipinski definition) is 2. The first kappa shape index (κ1) is 21.3. The molecule has 0 spiro atoms. The number of guanidine groups is 1. The molecule has 0 aliphatic carbocycles. The Morgan fingerprint density at radius 3 is 2.78 bits per heavy atom. The highest BCUT2D eigenvalue weighted by Gasteiger charge is 2.33. The van der Waals surface area contributed by atoms with Crippen LogP contribution in [-0.2, 0) is 19.1 Å². The van der Waals surface area contributed by atoms with Crippen LogP contribution < -0.4 is 10.6 Å². The van der Waals surface area contributed by atoms with E-state index in [1.54, 1.807) is 7.05 Å². The molecule has 12 heteroatoms. The smallest absolute Gasteiger partial charge is 0.356 e. The summed E-state index contributed by atoms with van der Waals surface area (Å²) >= 11 is 0.954. The van der Waals surface area contributed by atoms with Crippen molar-refractivity contribution in [3.8, 4) is 0 Å². The number of halogens is 4. The molecular weight excluding hydrogens is 494 g/mol. The summed E-state index contributed by atoms with van der Waals surface area (Å²) < 4.78 is 39.6. The fourth-order valence-electron chi connectivity index (χ4n) is 2.26. The molecule has 0 unspecified atom stereocenters. The number of rotatable bonds is 5. The van der Waals surface area contributed by atoms with E-state index < -0.39 is 11.9 Å². The van der Waals surface area contributed by atoms with E-state index in [0.717, 1.165) is 28.2 Å². The zero-order valence-electron chi connectivity index (χ0n) is 14.2. The standard InChI is InChI=1S/C15H16F3N7S.HI/c1-19-14(21-8-13-22-10(9-26-13)15(16,17)18)20-6-5-12-24-23-11-4-2-3-7-25(11)12;/h2-4,7,9H,5-6,8H2,1H3,(H2,19,20,21);1H. The van der Waals surface area contributed by atoms with Crippen molar-refractivity contribution in [1.29, 1.82) is 0 Å². The third-order valence-electron chi connectivity index (χ3n) is 3.50. The molecule has 3 heterocycles. The van der Waals surface area contributed by atoms with Crippen LogP contribution in [0.4, 0.5) is 13.2 Å². The second-order valence-corrected chi connectivity index (χ2v) is 6.21. The molecule has 0 amide bonds. The van der Waals surface area contributed by atoms with Crippen molar-refractivity contribution in [3.05, 3.63) is 46.3 Å². The van der Waals surface area contributed by atoms with Gasteiger partial charge in [0.2, 0.25) is 0 Å². The molecule has 7 nitrogen and oxygen atoms in total. The summed E-state index contributed by atoms with van der Waals surface area (Å²) in [5.41, 5.74) is -0.102. The maximum absolute atomic E-state index is 12.6. The first-order chi connectivity index (χ1) is 12.5. The second-order valence-electron chi connectivity index (χ2n) is 5.27. The van der Waals surface area contributed by atoms with Crippen LogP contribution in [0.3, 0.4) is 0 Å². The molecule has 0 radical (unpaired) electrons. The molecule has 3 rings (SSSR count). The minimum absolute atomic E-state index is 0. The molecule has 0 bridgehead atoms. The topological polar surface area (TPSA) is 79.5 Å². The van der Waals surface area contributed by atoms with Gasteiger partial charge in [-0.2, -0.15) is 13.2 Å². The van der Waals surface area contributed by atoms with E-state index >= 15 is 0 Å². The molecule has 146 valence electrons. The van der Waals surface area contributed by atoms with Crippen LogP contribution in [0.1, 0.15) is 16.5 Å². The van der Waals surface area contributed by atoms with Crippen molar-refractivity contribution in [2.45, 2.75) is 19.1 Å². The number of aliphatic imine (C=N–C) groups is 1. The SMILES string of the molecule is CN=C(NCCc1nnc2ccccn12)NCc1nc(C(F)(F)F)cs1.I. The molecule has 0 aliphatic heterocycles. The average molecular weight is 511 g/mol. The monoisotopic (exact) mass is 511 g/mol. The third-order valence-corrected chi connectivity index (χ3v) is 4.35. The van der Waals surface area contributed by atoms with E-state index in [9.17, 15) is 13.2 Å². The maximum atomic E-state index is 12.6. The zero-order chi connectivity index (χ0) is 18.6. The van der Waals surface area contributed by atoms with Gasteiger partial charge < -0.3 is 10.6 Å². The fraction of sp³-hybridized carbons (Fsp3) is 0.333. The fourth-order valence-corrected chi connectivity index (χ4v) is 3.00. The molecule has 3 aromatic heterocycles. The van der Waals surface area contributed by atoms with Crippen LogP contribution in [0.2, 0.25) is 0 Å². The second kappa shape index (κ2) is 9.30. The van der Waals surface area contributed by atoms with Crippen molar-refractivity contribution in [2.75, 3.05) is 13.6 Å². The summed E-state index contributed by atoms with van der Waals surface area (Å²) in [5.74, 6) is 1.28. The molecule has 0 atom stereocenters. The van der Waals surface area contributed by atoms with E-state index in [1.165, 1.54) is 0 Å². The molecule has 0 aliphatic rings. The normalized spacial score (nSPS) is 12.1. The third kappa shape index (κ3) is 5.51. The van der Waals surface area contributed by atoms with Crippen molar-refractivity contribution in [2.24, 2.45) is 4.99 Å². The van der Waals surface area contributed by atoms with Gasteiger partial charge in [-0.05, 0) is 12.1 Å². The van der Waals surface area contributed by atoms with Crippen LogP contribution >= 0.6 is 35.3 Å². The maximum Gasteiger partial charge on any atom is 0.434 e. The first-order valence-corrected chi connectivity index (χ1v) is 8.60. The molecule has 0 saturated heterocycles. The van der Waals surface area contributed by atoms with Gasteiger partial charge in [-0.1, -0.05) is 6.07 Å². The zero-order valence-corrected chi connectivity index (χ0v) is 17.3. The van der Waals surface area contributed by atoms with Crippen molar-refractivity contribution < 1.29 is 13.2 Å². The van der Waals surface area contributed by atoms with Gasteiger partial charge in [0.1, 0.15) is 10.8 Å². The predicted octanol–water partition coefficient (Wildman–Crippen LogP) is 2.73. The van der Waals surface area contributed by atoms with E-state index in [4.69, 9.17) is 0 Å². The summed E-state index contributed by atoms with van der Waals surface area (Å²) in [6.07, 6.45) is -1.92. The quantitative estimate of drug-likeness (QED) is 0.313. The first-order valence-electron chi connectivity index (χ1n) is 7.72. The van der Waals surface area contributed by atoms with Crippen molar-refractivity contribution in [3.63, 3.8) is 0 Å². The van der Waals surface area contributed by atoms with Gasteiger partial charge in [-0.15, -0.1) is 45.5 Å². The van der Waals surface area contributed by atoms with Gasteiger partial charge in [0, 0.05) is 31.6 Å². The summed E-state index contributed by atoms with van der Waals surface area (Å²) in [6.45, 7) is 0.704. The number of nitrogens with zero attached hydrogens (tertiary/aromatic N) is 5. The number of aromatic nitrogens is 4. The van der Waals surface area contributed by atoms with Gasteiger partial charge in [-0.25, -0.2) is 4.98 Å².